The van der Waals surface area contributed by atoms with Gasteiger partial charge in [-0.1, -0.05) is 48.0 Å². The molecule has 4 aliphatic carbocycles. The zero-order chi connectivity index (χ0) is 22.9. The maximum Gasteiger partial charge on any atom is 0.338 e. The van der Waals surface area contributed by atoms with Gasteiger partial charge in [-0.15, -0.1) is 0 Å². The summed E-state index contributed by atoms with van der Waals surface area (Å²) in [5.74, 6) is -0.537. The van der Waals surface area contributed by atoms with Gasteiger partial charge < -0.3 is 4.74 Å². The van der Waals surface area contributed by atoms with E-state index in [0.29, 0.717) is 23.1 Å². The molecule has 6 nitrogen and oxygen atoms in total. The lowest BCUT2D eigenvalue weighted by Gasteiger charge is -2.37. The Morgan fingerprint density at radius 2 is 1.55 bits per heavy atom. The molecule has 7 rings (SSSR count). The molecular weight excluding hydrogens is 418 g/mol. The minimum Gasteiger partial charge on any atom is -0.454 e. The van der Waals surface area contributed by atoms with Gasteiger partial charge in [0.15, 0.2) is 12.4 Å². The maximum atomic E-state index is 13.3. The molecule has 6 atom stereocenters. The number of aryl methyl sites for hydroxylation is 1. The normalized spacial score (nSPS) is 30.8. The summed E-state index contributed by atoms with van der Waals surface area (Å²) >= 11 is 0. The van der Waals surface area contributed by atoms with Gasteiger partial charge in [-0.2, -0.15) is 0 Å². The van der Waals surface area contributed by atoms with E-state index in [2.05, 4.69) is 12.2 Å². The quantitative estimate of drug-likeness (QED) is 0.307. The smallest absolute Gasteiger partial charge is 0.338 e. The van der Waals surface area contributed by atoms with Gasteiger partial charge in [0.25, 0.3) is 0 Å². The number of Topliss-reactive ketones (excluding diaryl/α,β-unsaturated/α-hetero) is 1. The Morgan fingerprint density at radius 1 is 0.909 bits per heavy atom. The number of carbonyl (C=O) groups is 4. The molecular formula is C27H23NO5. The molecule has 3 fully saturated rings. The highest BCUT2D eigenvalue weighted by atomic mass is 16.5. The van der Waals surface area contributed by atoms with Crippen LogP contribution < -0.4 is 4.90 Å². The van der Waals surface area contributed by atoms with Crippen molar-refractivity contribution < 1.29 is 23.9 Å². The number of benzene rings is 2. The van der Waals surface area contributed by atoms with Crippen LogP contribution in [0, 0.1) is 42.4 Å². The van der Waals surface area contributed by atoms with Crippen LogP contribution in [0.25, 0.3) is 0 Å². The fourth-order valence-corrected chi connectivity index (χ4v) is 6.02. The van der Waals surface area contributed by atoms with Crippen molar-refractivity contribution in [1.82, 2.24) is 0 Å². The summed E-state index contributed by atoms with van der Waals surface area (Å²) in [5.41, 5.74) is 2.08. The number of nitrogens with zero attached hydrogens (tertiary/aromatic N) is 1. The highest BCUT2D eigenvalue weighted by molar-refractivity contribution is 6.23. The fraction of sp³-hybridized carbons (Fsp3) is 0.333. The van der Waals surface area contributed by atoms with Gasteiger partial charge in [-0.25, -0.2) is 9.69 Å². The number of carbonyl (C=O) groups excluding carboxylic acids is 4. The van der Waals surface area contributed by atoms with E-state index in [0.717, 1.165) is 12.0 Å². The van der Waals surface area contributed by atoms with Crippen molar-refractivity contribution >= 4 is 29.3 Å². The minimum absolute atomic E-state index is 0.146. The van der Waals surface area contributed by atoms with Crippen molar-refractivity contribution in [3.05, 3.63) is 77.4 Å². The summed E-state index contributed by atoms with van der Waals surface area (Å²) in [7, 11) is 0. The van der Waals surface area contributed by atoms with Crippen LogP contribution in [-0.2, 0) is 14.3 Å². The van der Waals surface area contributed by atoms with E-state index in [4.69, 9.17) is 4.74 Å². The molecule has 5 aliphatic rings. The van der Waals surface area contributed by atoms with Crippen molar-refractivity contribution in [2.45, 2.75) is 13.3 Å². The van der Waals surface area contributed by atoms with Crippen molar-refractivity contribution in [2.24, 2.45) is 35.5 Å². The molecule has 1 heterocycles. The minimum atomic E-state index is -0.670. The Kier molecular flexibility index (Phi) is 4.41. The molecule has 6 heteroatoms. The van der Waals surface area contributed by atoms with E-state index in [1.54, 1.807) is 30.3 Å². The van der Waals surface area contributed by atoms with Crippen molar-refractivity contribution in [2.75, 3.05) is 11.5 Å². The van der Waals surface area contributed by atoms with Crippen LogP contribution in [-0.4, -0.2) is 30.2 Å². The van der Waals surface area contributed by atoms with Crippen molar-refractivity contribution in [3.8, 4) is 0 Å². The van der Waals surface area contributed by atoms with Crippen LogP contribution in [0.4, 0.5) is 5.69 Å². The van der Waals surface area contributed by atoms with Gasteiger partial charge in [0.05, 0.1) is 23.1 Å². The molecule has 0 N–H and O–H groups in total. The second-order valence-electron chi connectivity index (χ2n) is 9.58. The maximum absolute atomic E-state index is 13.3. The molecule has 2 amide bonds. The Hall–Kier alpha value is -3.54. The first-order valence-corrected chi connectivity index (χ1v) is 11.4. The first-order chi connectivity index (χ1) is 15.9. The number of hydrogen-bond donors (Lipinski definition) is 0. The predicted molar refractivity (Wildman–Crippen MR) is 119 cm³/mol. The Balaban J connectivity index is 1.18. The number of hydrogen-bond acceptors (Lipinski definition) is 5. The van der Waals surface area contributed by atoms with Gasteiger partial charge in [0.2, 0.25) is 11.8 Å². The van der Waals surface area contributed by atoms with Crippen molar-refractivity contribution in [1.29, 1.82) is 0 Å². The molecule has 6 unspecified atom stereocenters. The molecule has 1 saturated heterocycles. The highest BCUT2D eigenvalue weighted by Gasteiger charge is 2.67. The molecule has 0 radical (unpaired) electrons. The molecule has 2 bridgehead atoms. The number of ether oxygens (including phenoxy) is 1. The monoisotopic (exact) mass is 441 g/mol. The second kappa shape index (κ2) is 7.24. The van der Waals surface area contributed by atoms with Gasteiger partial charge in [0, 0.05) is 5.56 Å². The van der Waals surface area contributed by atoms with Crippen LogP contribution in [0.15, 0.2) is 60.7 Å². The lowest BCUT2D eigenvalue weighted by atomic mass is 9.63. The summed E-state index contributed by atoms with van der Waals surface area (Å²) in [4.78, 5) is 52.8. The Morgan fingerprint density at radius 3 is 2.18 bits per heavy atom. The summed E-state index contributed by atoms with van der Waals surface area (Å²) < 4.78 is 5.22. The first kappa shape index (κ1) is 20.1. The standard InChI is InChI=1S/C27H23NO5/c1-14-5-7-15(8-6-14)22(29)13-33-27(32)16-3-2-4-17(11-16)28-25(30)23-18-9-10-19(21-12-20(18)21)24(23)26(28)31/h2-11,18-21,23-24H,12-13H2,1H3. The number of allylic oxidation sites excluding steroid dienone is 2. The summed E-state index contributed by atoms with van der Waals surface area (Å²) in [6.07, 6.45) is 5.37. The molecule has 2 aromatic carbocycles. The van der Waals surface area contributed by atoms with Gasteiger partial charge in [0.1, 0.15) is 0 Å². The van der Waals surface area contributed by atoms with Gasteiger partial charge in [-0.3, -0.25) is 14.4 Å². The van der Waals surface area contributed by atoms with E-state index >= 15 is 0 Å². The zero-order valence-electron chi connectivity index (χ0n) is 18.1. The van der Waals surface area contributed by atoms with Crippen molar-refractivity contribution in [3.63, 3.8) is 0 Å². The lowest BCUT2D eigenvalue weighted by Crippen LogP contribution is -2.40. The average molecular weight is 441 g/mol. The molecule has 1 aliphatic heterocycles. The molecule has 0 spiro atoms. The van der Waals surface area contributed by atoms with Gasteiger partial charge in [-0.05, 0) is 55.2 Å². The average Bonchev–Trinajstić information content (AvgIpc) is 3.61. The molecule has 2 saturated carbocycles. The fourth-order valence-electron chi connectivity index (χ4n) is 6.02. The zero-order valence-corrected chi connectivity index (χ0v) is 18.1. The largest absolute Gasteiger partial charge is 0.454 e. The predicted octanol–water partition coefficient (Wildman–Crippen LogP) is 3.59. The third kappa shape index (κ3) is 3.08. The number of ketones is 1. The molecule has 33 heavy (non-hydrogen) atoms. The van der Waals surface area contributed by atoms with Gasteiger partial charge >= 0.3 is 5.97 Å². The second-order valence-corrected chi connectivity index (χ2v) is 9.58. The first-order valence-electron chi connectivity index (χ1n) is 11.4. The highest BCUT2D eigenvalue weighted by Crippen LogP contribution is 2.65. The van der Waals surface area contributed by atoms with Crippen LogP contribution in [0.3, 0.4) is 0 Å². The summed E-state index contributed by atoms with van der Waals surface area (Å²) in [5, 5.41) is 0. The van der Waals surface area contributed by atoms with E-state index in [-0.39, 0.29) is 53.4 Å². The van der Waals surface area contributed by atoms with Crippen LogP contribution in [0.5, 0.6) is 0 Å². The summed E-state index contributed by atoms with van der Waals surface area (Å²) in [6, 6.07) is 13.4. The van der Waals surface area contributed by atoms with E-state index in [1.165, 1.54) is 11.0 Å². The third-order valence-electron chi connectivity index (χ3n) is 7.71. The van der Waals surface area contributed by atoms with E-state index in [1.807, 2.05) is 19.1 Å². The van der Waals surface area contributed by atoms with Crippen LogP contribution in [0.1, 0.15) is 32.7 Å². The third-order valence-corrected chi connectivity index (χ3v) is 7.71. The van der Waals surface area contributed by atoms with Crippen LogP contribution >= 0.6 is 0 Å². The van der Waals surface area contributed by atoms with E-state index < -0.39 is 5.97 Å². The lowest BCUT2D eigenvalue weighted by molar-refractivity contribution is -0.124. The van der Waals surface area contributed by atoms with Crippen LogP contribution in [0.2, 0.25) is 0 Å². The molecule has 2 aromatic rings. The number of anilines is 1. The number of imide groups is 1. The Bertz CT molecular complexity index is 1190. The number of esters is 1. The molecule has 166 valence electrons. The Labute approximate surface area is 191 Å². The SMILES string of the molecule is Cc1ccc(C(=O)COC(=O)c2cccc(N3C(=O)C4C5C=CC(C6CC56)C4C3=O)c2)cc1. The topological polar surface area (TPSA) is 80.8 Å². The summed E-state index contributed by atoms with van der Waals surface area (Å²) in [6.45, 7) is 1.55. The number of rotatable bonds is 5. The molecule has 0 aromatic heterocycles. The number of amides is 2. The van der Waals surface area contributed by atoms with E-state index in [9.17, 15) is 19.2 Å².